The van der Waals surface area contributed by atoms with Crippen LogP contribution in [-0.2, 0) is 9.47 Å². The third-order valence-electron chi connectivity index (χ3n) is 2.19. The van der Waals surface area contributed by atoms with E-state index < -0.39 is 0 Å². The van der Waals surface area contributed by atoms with Gasteiger partial charge in [0.2, 0.25) is 0 Å². The molecule has 0 spiro atoms. The molecule has 12 heavy (non-hydrogen) atoms. The molecule has 0 aromatic rings. The molecular weight excluding hydrogens is 154 g/mol. The van der Waals surface area contributed by atoms with Crippen LogP contribution in [0.4, 0.5) is 0 Å². The first-order valence-electron chi connectivity index (χ1n) is 4.78. The Balaban J connectivity index is 2.19. The molecule has 0 heterocycles. The van der Waals surface area contributed by atoms with Crippen LogP contribution < -0.4 is 5.73 Å². The van der Waals surface area contributed by atoms with Gasteiger partial charge in [-0.1, -0.05) is 6.92 Å². The lowest BCUT2D eigenvalue weighted by atomic mass is 9.86. The number of nitrogens with two attached hydrogens (primary N) is 1. The molecule has 1 rings (SSSR count). The van der Waals surface area contributed by atoms with Gasteiger partial charge in [0, 0.05) is 19.3 Å². The van der Waals surface area contributed by atoms with Crippen molar-refractivity contribution < 1.29 is 9.47 Å². The molecule has 2 N–H and O–H groups in total. The van der Waals surface area contributed by atoms with Crippen LogP contribution >= 0.6 is 0 Å². The van der Waals surface area contributed by atoms with Crippen LogP contribution in [0.3, 0.4) is 0 Å². The topological polar surface area (TPSA) is 44.5 Å². The van der Waals surface area contributed by atoms with Crippen molar-refractivity contribution in [2.45, 2.75) is 44.9 Å². The maximum atomic E-state index is 5.78. The van der Waals surface area contributed by atoms with Gasteiger partial charge in [-0.05, 0) is 19.8 Å². The summed E-state index contributed by atoms with van der Waals surface area (Å²) >= 11 is 0. The summed E-state index contributed by atoms with van der Waals surface area (Å²) in [7, 11) is 0. The lowest BCUT2D eigenvalue weighted by Gasteiger charge is -2.41. The summed E-state index contributed by atoms with van der Waals surface area (Å²) in [6.45, 7) is 5.64. The van der Waals surface area contributed by atoms with E-state index in [9.17, 15) is 0 Å². The SMILES string of the molecule is CCCOC1C(N)CC1OCC. The third-order valence-corrected chi connectivity index (χ3v) is 2.19. The average molecular weight is 173 g/mol. The first-order valence-corrected chi connectivity index (χ1v) is 4.78. The van der Waals surface area contributed by atoms with E-state index in [0.717, 1.165) is 26.1 Å². The Morgan fingerprint density at radius 1 is 1.33 bits per heavy atom. The van der Waals surface area contributed by atoms with Gasteiger partial charge in [-0.15, -0.1) is 0 Å². The van der Waals surface area contributed by atoms with Crippen molar-refractivity contribution in [2.75, 3.05) is 13.2 Å². The molecule has 0 aromatic heterocycles. The highest BCUT2D eigenvalue weighted by Gasteiger charge is 2.39. The molecule has 3 atom stereocenters. The maximum absolute atomic E-state index is 5.78. The van der Waals surface area contributed by atoms with Gasteiger partial charge in [0.15, 0.2) is 0 Å². The highest BCUT2D eigenvalue weighted by atomic mass is 16.5. The first kappa shape index (κ1) is 9.96. The fourth-order valence-corrected chi connectivity index (χ4v) is 1.48. The maximum Gasteiger partial charge on any atom is 0.0988 e. The van der Waals surface area contributed by atoms with E-state index >= 15 is 0 Å². The minimum absolute atomic E-state index is 0.143. The van der Waals surface area contributed by atoms with Crippen LogP contribution in [0.1, 0.15) is 26.7 Å². The van der Waals surface area contributed by atoms with Crippen molar-refractivity contribution in [2.24, 2.45) is 5.73 Å². The second-order valence-corrected chi connectivity index (χ2v) is 3.23. The molecule has 0 bridgehead atoms. The zero-order chi connectivity index (χ0) is 8.97. The van der Waals surface area contributed by atoms with Crippen molar-refractivity contribution in [1.29, 1.82) is 0 Å². The van der Waals surface area contributed by atoms with Crippen molar-refractivity contribution in [3.8, 4) is 0 Å². The minimum atomic E-state index is 0.143. The zero-order valence-corrected chi connectivity index (χ0v) is 7.95. The van der Waals surface area contributed by atoms with Gasteiger partial charge in [0.05, 0.1) is 12.2 Å². The molecule has 0 aliphatic heterocycles. The van der Waals surface area contributed by atoms with Gasteiger partial charge in [-0.3, -0.25) is 0 Å². The van der Waals surface area contributed by atoms with Gasteiger partial charge in [0.1, 0.15) is 0 Å². The van der Waals surface area contributed by atoms with Crippen LogP contribution in [0, 0.1) is 0 Å². The van der Waals surface area contributed by atoms with Crippen molar-refractivity contribution >= 4 is 0 Å². The summed E-state index contributed by atoms with van der Waals surface area (Å²) in [6.07, 6.45) is 2.38. The normalized spacial score (nSPS) is 34.8. The highest BCUT2D eigenvalue weighted by molar-refractivity contribution is 4.94. The molecule has 0 saturated heterocycles. The Kier molecular flexibility index (Phi) is 3.98. The second kappa shape index (κ2) is 4.80. The smallest absolute Gasteiger partial charge is 0.0988 e. The van der Waals surface area contributed by atoms with E-state index in [1.54, 1.807) is 0 Å². The Labute approximate surface area is 74.2 Å². The monoisotopic (exact) mass is 173 g/mol. The summed E-state index contributed by atoms with van der Waals surface area (Å²) in [6, 6.07) is 0.188. The van der Waals surface area contributed by atoms with Crippen molar-refractivity contribution in [3.05, 3.63) is 0 Å². The number of rotatable bonds is 5. The van der Waals surface area contributed by atoms with Crippen molar-refractivity contribution in [1.82, 2.24) is 0 Å². The fraction of sp³-hybridized carbons (Fsp3) is 1.00. The van der Waals surface area contributed by atoms with E-state index in [2.05, 4.69) is 6.92 Å². The molecule has 0 aromatic carbocycles. The van der Waals surface area contributed by atoms with Gasteiger partial charge in [-0.25, -0.2) is 0 Å². The van der Waals surface area contributed by atoms with E-state index in [0.29, 0.717) is 0 Å². The number of hydrogen-bond acceptors (Lipinski definition) is 3. The molecule has 1 aliphatic carbocycles. The molecule has 1 saturated carbocycles. The third kappa shape index (κ3) is 2.19. The van der Waals surface area contributed by atoms with Crippen LogP contribution in [0.5, 0.6) is 0 Å². The molecule has 3 heteroatoms. The molecule has 0 amide bonds. The predicted molar refractivity (Wildman–Crippen MR) is 48.0 cm³/mol. The van der Waals surface area contributed by atoms with E-state index in [1.807, 2.05) is 6.92 Å². The van der Waals surface area contributed by atoms with Crippen LogP contribution in [0.25, 0.3) is 0 Å². The highest BCUT2D eigenvalue weighted by Crippen LogP contribution is 2.25. The predicted octanol–water partition coefficient (Wildman–Crippen LogP) is 0.918. The first-order chi connectivity index (χ1) is 5.79. The molecule has 1 fully saturated rings. The van der Waals surface area contributed by atoms with Gasteiger partial charge >= 0.3 is 0 Å². The Morgan fingerprint density at radius 3 is 2.58 bits per heavy atom. The summed E-state index contributed by atoms with van der Waals surface area (Å²) in [5, 5.41) is 0. The van der Waals surface area contributed by atoms with Crippen LogP contribution in [0.15, 0.2) is 0 Å². The molecule has 1 aliphatic rings. The number of hydrogen-bond donors (Lipinski definition) is 1. The summed E-state index contributed by atoms with van der Waals surface area (Å²) < 4.78 is 11.0. The summed E-state index contributed by atoms with van der Waals surface area (Å²) in [5.74, 6) is 0. The van der Waals surface area contributed by atoms with Gasteiger partial charge in [0.25, 0.3) is 0 Å². The number of ether oxygens (including phenoxy) is 2. The Hall–Kier alpha value is -0.120. The lowest BCUT2D eigenvalue weighted by molar-refractivity contribution is -0.136. The zero-order valence-electron chi connectivity index (χ0n) is 7.95. The summed E-state index contributed by atoms with van der Waals surface area (Å²) in [4.78, 5) is 0. The lowest BCUT2D eigenvalue weighted by Crippen LogP contribution is -2.58. The standard InChI is InChI=1S/C9H19NO2/c1-3-5-12-9-7(10)6-8(9)11-4-2/h7-9H,3-6,10H2,1-2H3. The second-order valence-electron chi connectivity index (χ2n) is 3.23. The largest absolute Gasteiger partial charge is 0.376 e. The summed E-state index contributed by atoms with van der Waals surface area (Å²) in [5.41, 5.74) is 5.78. The minimum Gasteiger partial charge on any atom is -0.376 e. The molecule has 3 nitrogen and oxygen atoms in total. The molecule has 3 unspecified atom stereocenters. The van der Waals surface area contributed by atoms with Crippen LogP contribution in [0.2, 0.25) is 0 Å². The Bertz CT molecular complexity index is 128. The van der Waals surface area contributed by atoms with E-state index in [1.165, 1.54) is 0 Å². The molecular formula is C9H19NO2. The molecule has 0 radical (unpaired) electrons. The van der Waals surface area contributed by atoms with Gasteiger partial charge < -0.3 is 15.2 Å². The van der Waals surface area contributed by atoms with E-state index in [-0.39, 0.29) is 18.2 Å². The molecule has 72 valence electrons. The quantitative estimate of drug-likeness (QED) is 0.672. The van der Waals surface area contributed by atoms with Gasteiger partial charge in [-0.2, -0.15) is 0 Å². The van der Waals surface area contributed by atoms with E-state index in [4.69, 9.17) is 15.2 Å². The average Bonchev–Trinajstić information content (AvgIpc) is 2.05. The van der Waals surface area contributed by atoms with Crippen molar-refractivity contribution in [3.63, 3.8) is 0 Å². The fourth-order valence-electron chi connectivity index (χ4n) is 1.48. The van der Waals surface area contributed by atoms with Crippen LogP contribution in [-0.4, -0.2) is 31.5 Å². The Morgan fingerprint density at radius 2 is 2.08 bits per heavy atom.